The Hall–Kier alpha value is -2.12. The highest BCUT2D eigenvalue weighted by molar-refractivity contribution is 6.05. The number of benzene rings is 1. The number of ether oxygens (including phenoxy) is 1. The molecule has 0 spiro atoms. The smallest absolute Gasteiger partial charge is 0.251 e. The highest BCUT2D eigenvalue weighted by atomic mass is 16.5. The van der Waals surface area contributed by atoms with Gasteiger partial charge in [-0.15, -0.1) is 0 Å². The molecule has 126 valence electrons. The molecule has 7 nitrogen and oxygen atoms in total. The van der Waals surface area contributed by atoms with Gasteiger partial charge < -0.3 is 25.6 Å². The van der Waals surface area contributed by atoms with Gasteiger partial charge in [0.05, 0.1) is 18.0 Å². The van der Waals surface area contributed by atoms with Crippen molar-refractivity contribution in [2.75, 3.05) is 50.6 Å². The summed E-state index contributed by atoms with van der Waals surface area (Å²) in [6.07, 6.45) is 0. The summed E-state index contributed by atoms with van der Waals surface area (Å²) in [7, 11) is 3.52. The zero-order valence-electron chi connectivity index (χ0n) is 13.8. The molecule has 1 heterocycles. The number of anilines is 2. The van der Waals surface area contributed by atoms with Gasteiger partial charge in [0.15, 0.2) is 0 Å². The zero-order valence-corrected chi connectivity index (χ0v) is 13.8. The molecule has 0 aromatic heterocycles. The maximum Gasteiger partial charge on any atom is 0.251 e. The molecule has 23 heavy (non-hydrogen) atoms. The van der Waals surface area contributed by atoms with E-state index in [1.54, 1.807) is 19.2 Å². The highest BCUT2D eigenvalue weighted by Gasteiger charge is 2.27. The Labute approximate surface area is 136 Å². The zero-order chi connectivity index (χ0) is 16.8. The third kappa shape index (κ3) is 4.20. The van der Waals surface area contributed by atoms with Crippen LogP contribution in [-0.2, 0) is 9.53 Å². The van der Waals surface area contributed by atoms with Gasteiger partial charge in [0, 0.05) is 39.4 Å². The first kappa shape index (κ1) is 17.2. The van der Waals surface area contributed by atoms with E-state index in [9.17, 15) is 9.59 Å². The lowest BCUT2D eigenvalue weighted by Gasteiger charge is -2.33. The number of carbonyl (C=O) groups is 2. The number of methoxy groups -OCH3 is 1. The summed E-state index contributed by atoms with van der Waals surface area (Å²) in [4.78, 5) is 25.9. The molecule has 1 aromatic rings. The van der Waals surface area contributed by atoms with Gasteiger partial charge in [0.2, 0.25) is 5.91 Å². The van der Waals surface area contributed by atoms with Crippen molar-refractivity contribution >= 4 is 23.2 Å². The van der Waals surface area contributed by atoms with Gasteiger partial charge in [-0.3, -0.25) is 9.59 Å². The Morgan fingerprint density at radius 2 is 2.13 bits per heavy atom. The number of rotatable bonds is 7. The van der Waals surface area contributed by atoms with Gasteiger partial charge in [-0.2, -0.15) is 0 Å². The van der Waals surface area contributed by atoms with Crippen LogP contribution < -0.4 is 20.9 Å². The van der Waals surface area contributed by atoms with Crippen molar-refractivity contribution in [1.82, 2.24) is 10.6 Å². The fourth-order valence-corrected chi connectivity index (χ4v) is 2.37. The van der Waals surface area contributed by atoms with Crippen molar-refractivity contribution in [3.63, 3.8) is 0 Å². The molecule has 0 radical (unpaired) electrons. The Morgan fingerprint density at radius 3 is 2.87 bits per heavy atom. The van der Waals surface area contributed by atoms with Crippen LogP contribution >= 0.6 is 0 Å². The second-order valence-corrected chi connectivity index (χ2v) is 5.51. The lowest BCUT2D eigenvalue weighted by Crippen LogP contribution is -2.44. The van der Waals surface area contributed by atoms with Crippen LogP contribution in [0.4, 0.5) is 11.4 Å². The van der Waals surface area contributed by atoms with Crippen LogP contribution in [-0.4, -0.2) is 58.3 Å². The summed E-state index contributed by atoms with van der Waals surface area (Å²) in [6, 6.07) is 5.12. The Bertz CT molecular complexity index is 576. The fourth-order valence-electron chi connectivity index (χ4n) is 2.37. The second kappa shape index (κ2) is 7.94. The van der Waals surface area contributed by atoms with Crippen molar-refractivity contribution in [1.29, 1.82) is 0 Å². The lowest BCUT2D eigenvalue weighted by atomic mass is 10.1. The molecule has 0 fully saturated rings. The number of hydrogen-bond acceptors (Lipinski definition) is 5. The Balaban J connectivity index is 1.93. The Kier molecular flexibility index (Phi) is 5.95. The topological polar surface area (TPSA) is 82.7 Å². The van der Waals surface area contributed by atoms with E-state index in [4.69, 9.17) is 4.74 Å². The molecule has 1 aromatic carbocycles. The number of hydrogen-bond donors (Lipinski definition) is 3. The van der Waals surface area contributed by atoms with Gasteiger partial charge in [-0.25, -0.2) is 0 Å². The fraction of sp³-hybridized carbons (Fsp3) is 0.500. The van der Waals surface area contributed by atoms with Crippen LogP contribution in [0.3, 0.4) is 0 Å². The van der Waals surface area contributed by atoms with E-state index in [0.717, 1.165) is 12.2 Å². The van der Waals surface area contributed by atoms with E-state index in [1.165, 1.54) is 0 Å². The molecule has 1 unspecified atom stereocenters. The molecule has 0 bridgehead atoms. The van der Waals surface area contributed by atoms with Gasteiger partial charge in [-0.05, 0) is 25.1 Å². The molecule has 0 saturated carbocycles. The monoisotopic (exact) mass is 320 g/mol. The van der Waals surface area contributed by atoms with E-state index in [2.05, 4.69) is 16.0 Å². The maximum absolute atomic E-state index is 12.2. The summed E-state index contributed by atoms with van der Waals surface area (Å²) in [5.41, 5.74) is 2.11. The molecule has 2 rings (SSSR count). The van der Waals surface area contributed by atoms with Crippen LogP contribution in [0, 0.1) is 0 Å². The Morgan fingerprint density at radius 1 is 1.35 bits per heavy atom. The molecule has 2 amide bonds. The standard InChI is InChI=1S/C16H24N4O3/c1-11-15(21)19-13-10-12(4-5-14(13)20(11)2)16(22)18-7-6-17-8-9-23-3/h4-5,10-11,17H,6-9H2,1-3H3,(H,18,22)(H,19,21). The third-order valence-electron chi connectivity index (χ3n) is 3.93. The first-order chi connectivity index (χ1) is 11.0. The molecule has 3 N–H and O–H groups in total. The number of nitrogens with zero attached hydrogens (tertiary/aromatic N) is 1. The van der Waals surface area contributed by atoms with Crippen molar-refractivity contribution in [3.05, 3.63) is 23.8 Å². The van der Waals surface area contributed by atoms with Crippen molar-refractivity contribution < 1.29 is 14.3 Å². The number of carbonyl (C=O) groups excluding carboxylic acids is 2. The van der Waals surface area contributed by atoms with E-state index in [-0.39, 0.29) is 17.9 Å². The minimum Gasteiger partial charge on any atom is -0.383 e. The number of nitrogens with one attached hydrogen (secondary N) is 3. The quantitative estimate of drug-likeness (QED) is 0.635. The molecule has 0 saturated heterocycles. The minimum absolute atomic E-state index is 0.0695. The molecular weight excluding hydrogens is 296 g/mol. The minimum atomic E-state index is -0.222. The summed E-state index contributed by atoms with van der Waals surface area (Å²) in [5, 5.41) is 8.84. The van der Waals surface area contributed by atoms with Gasteiger partial charge >= 0.3 is 0 Å². The first-order valence-corrected chi connectivity index (χ1v) is 7.70. The van der Waals surface area contributed by atoms with Gasteiger partial charge in [-0.1, -0.05) is 0 Å². The summed E-state index contributed by atoms with van der Waals surface area (Å²) >= 11 is 0. The average molecular weight is 320 g/mol. The van der Waals surface area contributed by atoms with Crippen molar-refractivity contribution in [3.8, 4) is 0 Å². The largest absolute Gasteiger partial charge is 0.383 e. The highest BCUT2D eigenvalue weighted by Crippen LogP contribution is 2.31. The lowest BCUT2D eigenvalue weighted by molar-refractivity contribution is -0.117. The summed E-state index contributed by atoms with van der Waals surface area (Å²) in [5.74, 6) is -0.225. The molecule has 1 atom stereocenters. The predicted octanol–water partition coefficient (Wildman–Crippen LogP) is 0.429. The average Bonchev–Trinajstić information content (AvgIpc) is 2.55. The number of amides is 2. The third-order valence-corrected chi connectivity index (χ3v) is 3.93. The van der Waals surface area contributed by atoms with Crippen LogP contribution in [0.5, 0.6) is 0 Å². The van der Waals surface area contributed by atoms with E-state index in [1.807, 2.05) is 24.9 Å². The molecule has 1 aliphatic heterocycles. The molecule has 7 heteroatoms. The van der Waals surface area contributed by atoms with Crippen LogP contribution in [0.1, 0.15) is 17.3 Å². The second-order valence-electron chi connectivity index (χ2n) is 5.51. The molecule has 1 aliphatic rings. The van der Waals surface area contributed by atoms with E-state index in [0.29, 0.717) is 30.9 Å². The van der Waals surface area contributed by atoms with Crippen LogP contribution in [0.2, 0.25) is 0 Å². The van der Waals surface area contributed by atoms with Gasteiger partial charge in [0.25, 0.3) is 5.91 Å². The predicted molar refractivity (Wildman–Crippen MR) is 90.0 cm³/mol. The summed E-state index contributed by atoms with van der Waals surface area (Å²) in [6.45, 7) is 4.45. The van der Waals surface area contributed by atoms with Crippen molar-refractivity contribution in [2.45, 2.75) is 13.0 Å². The van der Waals surface area contributed by atoms with E-state index >= 15 is 0 Å². The number of fused-ring (bicyclic) bond motifs is 1. The normalized spacial score (nSPS) is 16.7. The maximum atomic E-state index is 12.2. The number of likely N-dealkylation sites (N-methyl/N-ethyl adjacent to an activating group) is 1. The van der Waals surface area contributed by atoms with Crippen LogP contribution in [0.25, 0.3) is 0 Å². The summed E-state index contributed by atoms with van der Waals surface area (Å²) < 4.78 is 4.93. The SMILES string of the molecule is COCCNCCNC(=O)c1ccc2c(c1)NC(=O)C(C)N2C. The van der Waals surface area contributed by atoms with E-state index < -0.39 is 0 Å². The van der Waals surface area contributed by atoms with Gasteiger partial charge in [0.1, 0.15) is 6.04 Å². The van der Waals surface area contributed by atoms with Crippen LogP contribution in [0.15, 0.2) is 18.2 Å². The molecule has 0 aliphatic carbocycles. The van der Waals surface area contributed by atoms with Crippen molar-refractivity contribution in [2.24, 2.45) is 0 Å². The first-order valence-electron chi connectivity index (χ1n) is 7.70. The molecular formula is C16H24N4O3.